The van der Waals surface area contributed by atoms with E-state index >= 15 is 0 Å². The van der Waals surface area contributed by atoms with Gasteiger partial charge in [-0.05, 0) is 49.7 Å². The Morgan fingerprint density at radius 2 is 1.67 bits per heavy atom. The molecule has 0 atom stereocenters. The molecule has 0 unspecified atom stereocenters. The summed E-state index contributed by atoms with van der Waals surface area (Å²) in [6, 6.07) is 8.99. The largest absolute Gasteiger partial charge is 0.463 e. The summed E-state index contributed by atoms with van der Waals surface area (Å²) in [5.41, 5.74) is 1.31. The zero-order valence-corrected chi connectivity index (χ0v) is 13.4. The molecule has 0 saturated carbocycles. The second-order valence-corrected chi connectivity index (χ2v) is 5.11. The summed E-state index contributed by atoms with van der Waals surface area (Å²) >= 11 is 0. The van der Waals surface area contributed by atoms with Gasteiger partial charge in [0.25, 0.3) is 11.5 Å². The minimum absolute atomic E-state index is 0.0267. The molecule has 2 aromatic carbocycles. The van der Waals surface area contributed by atoms with E-state index < -0.39 is 16.7 Å². The number of nitrogens with zero attached hydrogens (tertiary/aromatic N) is 1. The Morgan fingerprint density at radius 1 is 1.04 bits per heavy atom. The molecule has 0 spiro atoms. The van der Waals surface area contributed by atoms with Crippen LogP contribution in [-0.4, -0.2) is 23.8 Å². The molecule has 0 amide bonds. The van der Waals surface area contributed by atoms with Crippen molar-refractivity contribution in [2.45, 2.75) is 13.8 Å². The van der Waals surface area contributed by atoms with E-state index in [1.165, 1.54) is 30.3 Å². The quantitative estimate of drug-likeness (QED) is 0.274. The predicted octanol–water partition coefficient (Wildman–Crippen LogP) is 3.36. The fourth-order valence-corrected chi connectivity index (χ4v) is 2.09. The number of carbonyl (C=O) groups excluding carboxylic acids is 2. The molecule has 0 bridgehead atoms. The van der Waals surface area contributed by atoms with Crippen LogP contribution in [0, 0.1) is 24.0 Å². The van der Waals surface area contributed by atoms with Gasteiger partial charge in [-0.2, -0.15) is 0 Å². The van der Waals surface area contributed by atoms with Crippen molar-refractivity contribution in [3.8, 4) is 11.5 Å². The lowest BCUT2D eigenvalue weighted by Crippen LogP contribution is -2.15. The molecule has 0 fully saturated rings. The number of Topliss-reactive ketones (excluding diaryl/α,β-unsaturated/α-hetero) is 1. The topological polar surface area (TPSA) is 95.7 Å². The number of aryl methyl sites for hydroxylation is 2. The number of ketones is 1. The summed E-state index contributed by atoms with van der Waals surface area (Å²) in [6.07, 6.45) is 0. The van der Waals surface area contributed by atoms with E-state index in [0.29, 0.717) is 22.6 Å². The van der Waals surface area contributed by atoms with Crippen molar-refractivity contribution in [1.29, 1.82) is 0 Å². The summed E-state index contributed by atoms with van der Waals surface area (Å²) in [5, 5.41) is 10.9. The first-order valence-corrected chi connectivity index (χ1v) is 6.99. The van der Waals surface area contributed by atoms with Crippen LogP contribution in [0.15, 0.2) is 36.4 Å². The van der Waals surface area contributed by atoms with Gasteiger partial charge in [-0.25, -0.2) is 4.79 Å². The first-order chi connectivity index (χ1) is 11.3. The number of hydrogen-bond donors (Lipinski definition) is 0. The summed E-state index contributed by atoms with van der Waals surface area (Å²) in [5.74, 6) is -0.769. The molecule has 0 aliphatic rings. The van der Waals surface area contributed by atoms with E-state index in [2.05, 4.69) is 4.74 Å². The Balaban J connectivity index is 2.23. The summed E-state index contributed by atoms with van der Waals surface area (Å²) in [4.78, 5) is 33.3. The molecule has 2 rings (SSSR count). The molecular weight excluding hydrogens is 314 g/mol. The highest BCUT2D eigenvalue weighted by Crippen LogP contribution is 2.31. The van der Waals surface area contributed by atoms with Crippen molar-refractivity contribution in [2.75, 3.05) is 7.11 Å². The van der Waals surface area contributed by atoms with Crippen LogP contribution in [0.2, 0.25) is 0 Å². The lowest BCUT2D eigenvalue weighted by atomic mass is 10.1. The highest BCUT2D eigenvalue weighted by molar-refractivity contribution is 6.40. The first kappa shape index (κ1) is 17.1. The number of benzene rings is 2. The van der Waals surface area contributed by atoms with Gasteiger partial charge in [0.05, 0.1) is 12.0 Å². The van der Waals surface area contributed by atoms with Crippen LogP contribution in [0.5, 0.6) is 11.5 Å². The van der Waals surface area contributed by atoms with Crippen LogP contribution in [-0.2, 0) is 9.53 Å². The van der Waals surface area contributed by atoms with Crippen molar-refractivity contribution in [3.05, 3.63) is 63.2 Å². The number of nitro benzene ring substituents is 1. The zero-order chi connectivity index (χ0) is 17.9. The van der Waals surface area contributed by atoms with Gasteiger partial charge >= 0.3 is 5.97 Å². The highest BCUT2D eigenvalue weighted by atomic mass is 16.6. The van der Waals surface area contributed by atoms with Gasteiger partial charge in [0, 0.05) is 17.2 Å². The maximum absolute atomic E-state index is 11.7. The average molecular weight is 329 g/mol. The fourth-order valence-electron chi connectivity index (χ4n) is 2.09. The Hall–Kier alpha value is -3.22. The first-order valence-electron chi connectivity index (χ1n) is 6.99. The highest BCUT2D eigenvalue weighted by Gasteiger charge is 2.17. The Bertz CT molecular complexity index is 811. The predicted molar refractivity (Wildman–Crippen MR) is 85.4 cm³/mol. The summed E-state index contributed by atoms with van der Waals surface area (Å²) < 4.78 is 10.1. The second kappa shape index (κ2) is 6.91. The molecule has 0 radical (unpaired) electrons. The third-order valence-electron chi connectivity index (χ3n) is 3.41. The van der Waals surface area contributed by atoms with Crippen molar-refractivity contribution in [2.24, 2.45) is 0 Å². The van der Waals surface area contributed by atoms with Crippen LogP contribution < -0.4 is 4.74 Å². The van der Waals surface area contributed by atoms with E-state index in [-0.39, 0.29) is 11.3 Å². The maximum Gasteiger partial charge on any atom is 0.379 e. The van der Waals surface area contributed by atoms with Crippen molar-refractivity contribution in [1.82, 2.24) is 0 Å². The monoisotopic (exact) mass is 329 g/mol. The molecule has 0 heterocycles. The minimum Gasteiger partial charge on any atom is -0.463 e. The van der Waals surface area contributed by atoms with Crippen molar-refractivity contribution >= 4 is 17.4 Å². The molecule has 124 valence electrons. The Labute approximate surface area is 138 Å². The number of esters is 1. The number of ether oxygens (including phenoxy) is 2. The van der Waals surface area contributed by atoms with Gasteiger partial charge in [0.1, 0.15) is 11.5 Å². The number of nitro groups is 1. The van der Waals surface area contributed by atoms with Gasteiger partial charge < -0.3 is 9.47 Å². The molecule has 0 aromatic heterocycles. The number of methoxy groups -OCH3 is 1. The number of carbonyl (C=O) groups is 2. The van der Waals surface area contributed by atoms with E-state index in [0.717, 1.165) is 7.11 Å². The maximum atomic E-state index is 11.7. The van der Waals surface area contributed by atoms with Crippen LogP contribution in [0.25, 0.3) is 0 Å². The fraction of sp³-hybridized carbons (Fsp3) is 0.176. The molecular formula is C17H15NO6. The number of rotatable bonds is 5. The van der Waals surface area contributed by atoms with Gasteiger partial charge in [-0.3, -0.25) is 14.9 Å². The SMILES string of the molecule is COC(=O)C(=O)c1ccc(Oc2cc(C)c([N+](=O)[O-])cc2C)cc1. The van der Waals surface area contributed by atoms with Crippen molar-refractivity contribution < 1.29 is 24.0 Å². The van der Waals surface area contributed by atoms with E-state index in [9.17, 15) is 19.7 Å². The van der Waals surface area contributed by atoms with E-state index in [1.807, 2.05) is 0 Å². The van der Waals surface area contributed by atoms with Crippen LogP contribution >= 0.6 is 0 Å². The summed E-state index contributed by atoms with van der Waals surface area (Å²) in [6.45, 7) is 3.33. The normalized spacial score (nSPS) is 10.1. The molecule has 0 saturated heterocycles. The zero-order valence-electron chi connectivity index (χ0n) is 13.4. The molecule has 7 nitrogen and oxygen atoms in total. The molecule has 24 heavy (non-hydrogen) atoms. The van der Waals surface area contributed by atoms with E-state index in [1.54, 1.807) is 19.9 Å². The van der Waals surface area contributed by atoms with Crippen LogP contribution in [0.3, 0.4) is 0 Å². The van der Waals surface area contributed by atoms with Gasteiger partial charge in [0.15, 0.2) is 0 Å². The van der Waals surface area contributed by atoms with Gasteiger partial charge in [0.2, 0.25) is 0 Å². The average Bonchev–Trinajstić information content (AvgIpc) is 2.56. The van der Waals surface area contributed by atoms with Crippen LogP contribution in [0.1, 0.15) is 21.5 Å². The Kier molecular flexibility index (Phi) is 4.93. The van der Waals surface area contributed by atoms with Crippen LogP contribution in [0.4, 0.5) is 5.69 Å². The molecule has 2 aromatic rings. The van der Waals surface area contributed by atoms with Gasteiger partial charge in [-0.15, -0.1) is 0 Å². The van der Waals surface area contributed by atoms with Gasteiger partial charge in [-0.1, -0.05) is 0 Å². The standard InChI is InChI=1S/C17H15NO6/c1-10-9-15(11(2)8-14(10)18(21)22)24-13-6-4-12(5-7-13)16(19)17(20)23-3/h4-9H,1-3H3. The molecule has 0 aliphatic carbocycles. The summed E-state index contributed by atoms with van der Waals surface area (Å²) in [7, 11) is 1.14. The van der Waals surface area contributed by atoms with Crippen molar-refractivity contribution in [3.63, 3.8) is 0 Å². The molecule has 0 aliphatic heterocycles. The molecule has 0 N–H and O–H groups in total. The Morgan fingerprint density at radius 3 is 2.21 bits per heavy atom. The lowest BCUT2D eigenvalue weighted by molar-refractivity contribution is -0.385. The third kappa shape index (κ3) is 3.57. The molecule has 7 heteroatoms. The smallest absolute Gasteiger partial charge is 0.379 e. The minimum atomic E-state index is -0.939. The second-order valence-electron chi connectivity index (χ2n) is 5.11. The van der Waals surface area contributed by atoms with E-state index in [4.69, 9.17) is 4.74 Å². The lowest BCUT2D eigenvalue weighted by Gasteiger charge is -2.10. The third-order valence-corrected chi connectivity index (χ3v) is 3.41. The number of hydrogen-bond acceptors (Lipinski definition) is 6.